The van der Waals surface area contributed by atoms with Crippen molar-refractivity contribution in [1.29, 1.82) is 0 Å². The number of amides is 3. The number of aromatic amines is 1. The monoisotopic (exact) mass is 456 g/mol. The first-order valence-corrected chi connectivity index (χ1v) is 9.93. The molecule has 2 aromatic carbocycles. The maximum absolute atomic E-state index is 13.5. The van der Waals surface area contributed by atoms with E-state index in [9.17, 15) is 18.8 Å². The Hall–Kier alpha value is -3.69. The highest BCUT2D eigenvalue weighted by Crippen LogP contribution is 2.19. The molecule has 0 bridgehead atoms. The summed E-state index contributed by atoms with van der Waals surface area (Å²) in [5, 5.41) is 5.95. The number of imide groups is 1. The molecule has 10 heteroatoms. The van der Waals surface area contributed by atoms with Crippen molar-refractivity contribution in [3.8, 4) is 5.69 Å². The van der Waals surface area contributed by atoms with Crippen LogP contribution >= 0.6 is 11.6 Å². The van der Waals surface area contributed by atoms with Crippen LogP contribution in [0, 0.1) is 5.82 Å². The summed E-state index contributed by atoms with van der Waals surface area (Å²) in [4.78, 5) is 39.2. The van der Waals surface area contributed by atoms with Gasteiger partial charge in [-0.3, -0.25) is 19.6 Å². The Kier molecular flexibility index (Phi) is 5.93. The average Bonchev–Trinajstić information content (AvgIpc) is 3.20. The molecule has 4 rings (SSSR count). The number of urea groups is 1. The number of hydrogen-bond donors (Lipinski definition) is 2. The standard InChI is InChI=1S/C22H18ClFN4O4/c1-32-12-19-17(20(29)28(26-19)16-7-5-14(23)6-8-16)10-18-21(30)27(22(31)25-18)11-13-3-2-4-15(24)9-13/h2-10,26H,11-12H2,1H3,(H,25,31). The van der Waals surface area contributed by atoms with E-state index in [4.69, 9.17) is 16.3 Å². The predicted octanol–water partition coefficient (Wildman–Crippen LogP) is 3.20. The van der Waals surface area contributed by atoms with Gasteiger partial charge in [0.1, 0.15) is 11.5 Å². The lowest BCUT2D eigenvalue weighted by Gasteiger charge is -2.11. The van der Waals surface area contributed by atoms with E-state index >= 15 is 0 Å². The molecule has 2 heterocycles. The predicted molar refractivity (Wildman–Crippen MR) is 116 cm³/mol. The lowest BCUT2D eigenvalue weighted by molar-refractivity contribution is -0.123. The third kappa shape index (κ3) is 4.20. The Labute approximate surface area is 186 Å². The molecule has 1 aromatic heterocycles. The van der Waals surface area contributed by atoms with E-state index in [1.165, 1.54) is 36.1 Å². The molecule has 3 aromatic rings. The van der Waals surface area contributed by atoms with Gasteiger partial charge >= 0.3 is 6.03 Å². The zero-order valence-corrected chi connectivity index (χ0v) is 17.6. The molecule has 1 aliphatic rings. The second kappa shape index (κ2) is 8.81. The number of H-pyrrole nitrogens is 1. The molecule has 0 spiro atoms. The van der Waals surface area contributed by atoms with E-state index in [0.29, 0.717) is 22.0 Å². The molecule has 2 N–H and O–H groups in total. The fourth-order valence-electron chi connectivity index (χ4n) is 3.35. The van der Waals surface area contributed by atoms with E-state index in [0.717, 1.165) is 4.90 Å². The van der Waals surface area contributed by atoms with Crippen LogP contribution in [0.1, 0.15) is 16.8 Å². The average molecular weight is 457 g/mol. The minimum Gasteiger partial charge on any atom is -0.378 e. The molecule has 8 nitrogen and oxygen atoms in total. The number of methoxy groups -OCH3 is 1. The highest BCUT2D eigenvalue weighted by Gasteiger charge is 2.34. The molecule has 1 aliphatic heterocycles. The Morgan fingerprint density at radius 3 is 2.56 bits per heavy atom. The number of carbonyl (C=O) groups is 2. The van der Waals surface area contributed by atoms with Gasteiger partial charge in [-0.1, -0.05) is 23.7 Å². The number of aromatic nitrogens is 2. The summed E-state index contributed by atoms with van der Waals surface area (Å²) < 4.78 is 19.9. The molecular weight excluding hydrogens is 439 g/mol. The number of nitrogens with one attached hydrogen (secondary N) is 2. The Balaban J connectivity index is 1.68. The Morgan fingerprint density at radius 2 is 1.88 bits per heavy atom. The lowest BCUT2D eigenvalue weighted by atomic mass is 10.2. The molecule has 0 saturated carbocycles. The van der Waals surface area contributed by atoms with E-state index in [2.05, 4.69) is 10.4 Å². The molecule has 0 radical (unpaired) electrons. The van der Waals surface area contributed by atoms with Crippen LogP contribution in [0.25, 0.3) is 11.8 Å². The van der Waals surface area contributed by atoms with Gasteiger partial charge in [0.15, 0.2) is 0 Å². The van der Waals surface area contributed by atoms with Gasteiger partial charge in [-0.05, 0) is 48.0 Å². The number of hydrogen-bond acceptors (Lipinski definition) is 4. The van der Waals surface area contributed by atoms with Crippen molar-refractivity contribution in [3.63, 3.8) is 0 Å². The minimum absolute atomic E-state index is 0.0666. The molecular formula is C22H18ClFN4O4. The first-order valence-electron chi connectivity index (χ1n) is 9.55. The third-order valence-electron chi connectivity index (χ3n) is 4.86. The largest absolute Gasteiger partial charge is 0.378 e. The van der Waals surface area contributed by atoms with Gasteiger partial charge in [0.2, 0.25) is 0 Å². The number of nitrogens with zero attached hydrogens (tertiary/aromatic N) is 2. The maximum Gasteiger partial charge on any atom is 0.329 e. The van der Waals surface area contributed by atoms with Gasteiger partial charge in [0.05, 0.1) is 30.1 Å². The van der Waals surface area contributed by atoms with Crippen LogP contribution in [-0.4, -0.2) is 33.7 Å². The van der Waals surface area contributed by atoms with Crippen molar-refractivity contribution in [2.45, 2.75) is 13.2 Å². The summed E-state index contributed by atoms with van der Waals surface area (Å²) in [6.45, 7) is -0.0308. The summed E-state index contributed by atoms with van der Waals surface area (Å²) in [5.74, 6) is -1.09. The molecule has 164 valence electrons. The van der Waals surface area contributed by atoms with Crippen LogP contribution in [0.3, 0.4) is 0 Å². The van der Waals surface area contributed by atoms with Crippen molar-refractivity contribution in [2.75, 3.05) is 7.11 Å². The SMILES string of the molecule is COCc1[nH]n(-c2ccc(Cl)cc2)c(=O)c1C=C1NC(=O)N(Cc2cccc(F)c2)C1=O. The van der Waals surface area contributed by atoms with Crippen molar-refractivity contribution in [1.82, 2.24) is 20.0 Å². The highest BCUT2D eigenvalue weighted by atomic mass is 35.5. The summed E-state index contributed by atoms with van der Waals surface area (Å²) in [6.07, 6.45) is 1.31. The number of ether oxygens (including phenoxy) is 1. The maximum atomic E-state index is 13.5. The smallest absolute Gasteiger partial charge is 0.329 e. The summed E-state index contributed by atoms with van der Waals surface area (Å²) in [7, 11) is 1.47. The van der Waals surface area contributed by atoms with Crippen LogP contribution in [-0.2, 0) is 22.7 Å². The summed E-state index contributed by atoms with van der Waals surface area (Å²) in [6, 6.07) is 11.6. The first-order chi connectivity index (χ1) is 15.4. The van der Waals surface area contributed by atoms with Crippen molar-refractivity contribution in [3.05, 3.63) is 92.2 Å². The fraction of sp³-hybridized carbons (Fsp3) is 0.136. The van der Waals surface area contributed by atoms with Crippen LogP contribution in [0.2, 0.25) is 5.02 Å². The lowest BCUT2D eigenvalue weighted by Crippen LogP contribution is -2.30. The molecule has 1 fully saturated rings. The minimum atomic E-state index is -0.660. The van der Waals surface area contributed by atoms with Gasteiger partial charge in [-0.25, -0.2) is 13.9 Å². The number of carbonyl (C=O) groups excluding carboxylic acids is 2. The first kappa shape index (κ1) is 21.5. The number of benzene rings is 2. The zero-order valence-electron chi connectivity index (χ0n) is 16.9. The second-order valence-electron chi connectivity index (χ2n) is 7.06. The van der Waals surface area contributed by atoms with Crippen LogP contribution in [0.15, 0.2) is 59.0 Å². The topological polar surface area (TPSA) is 96.4 Å². The van der Waals surface area contributed by atoms with E-state index < -0.39 is 23.3 Å². The molecule has 32 heavy (non-hydrogen) atoms. The third-order valence-corrected chi connectivity index (χ3v) is 5.11. The van der Waals surface area contributed by atoms with Gasteiger partial charge < -0.3 is 10.1 Å². The van der Waals surface area contributed by atoms with Gasteiger partial charge in [-0.2, -0.15) is 0 Å². The Morgan fingerprint density at radius 1 is 1.12 bits per heavy atom. The normalized spacial score (nSPS) is 15.0. The van der Waals surface area contributed by atoms with E-state index in [1.54, 1.807) is 30.3 Å². The summed E-state index contributed by atoms with van der Waals surface area (Å²) >= 11 is 5.92. The van der Waals surface area contributed by atoms with Gasteiger partial charge in [-0.15, -0.1) is 0 Å². The highest BCUT2D eigenvalue weighted by molar-refractivity contribution is 6.30. The van der Waals surface area contributed by atoms with Crippen LogP contribution in [0.4, 0.5) is 9.18 Å². The molecule has 0 unspecified atom stereocenters. The molecule has 0 aliphatic carbocycles. The molecule has 3 amide bonds. The van der Waals surface area contributed by atoms with Crippen molar-refractivity contribution < 1.29 is 18.7 Å². The van der Waals surface area contributed by atoms with Crippen LogP contribution < -0.4 is 10.9 Å². The zero-order chi connectivity index (χ0) is 22.8. The molecule has 0 atom stereocenters. The molecule has 1 saturated heterocycles. The van der Waals surface area contributed by atoms with E-state index in [-0.39, 0.29) is 24.4 Å². The number of halogens is 2. The van der Waals surface area contributed by atoms with Crippen molar-refractivity contribution >= 4 is 29.6 Å². The second-order valence-corrected chi connectivity index (χ2v) is 7.50. The van der Waals surface area contributed by atoms with Crippen LogP contribution in [0.5, 0.6) is 0 Å². The van der Waals surface area contributed by atoms with Crippen molar-refractivity contribution in [2.24, 2.45) is 0 Å². The number of rotatable bonds is 6. The Bertz CT molecular complexity index is 1280. The van der Waals surface area contributed by atoms with Gasteiger partial charge in [0.25, 0.3) is 11.5 Å². The summed E-state index contributed by atoms with van der Waals surface area (Å²) in [5.41, 5.74) is 1.08. The van der Waals surface area contributed by atoms with Gasteiger partial charge in [0, 0.05) is 12.1 Å². The van der Waals surface area contributed by atoms with E-state index in [1.807, 2.05) is 0 Å². The quantitative estimate of drug-likeness (QED) is 0.440. The fourth-order valence-corrected chi connectivity index (χ4v) is 3.47.